The Bertz CT molecular complexity index is 600. The number of hydrogen-bond acceptors (Lipinski definition) is 2. The second kappa shape index (κ2) is 7.09. The standard InChI is InChI=1S/C18H21N3O/c22-18(20-16-9-5-2-6-10-16)21-12-11-19-17(14-21)13-15-7-3-1-4-8-15/h1-10,17,19H,11-14H2,(H,20,22). The van der Waals surface area contributed by atoms with E-state index in [0.717, 1.165) is 31.7 Å². The summed E-state index contributed by atoms with van der Waals surface area (Å²) in [5.74, 6) is 0. The minimum Gasteiger partial charge on any atom is -0.322 e. The van der Waals surface area contributed by atoms with Crippen LogP contribution in [0.1, 0.15) is 5.56 Å². The average Bonchev–Trinajstić information content (AvgIpc) is 2.57. The highest BCUT2D eigenvalue weighted by Gasteiger charge is 2.23. The molecule has 2 amide bonds. The SMILES string of the molecule is O=C(Nc1ccccc1)N1CCNC(Cc2ccccc2)C1. The van der Waals surface area contributed by atoms with Crippen LogP contribution in [0.15, 0.2) is 60.7 Å². The van der Waals surface area contributed by atoms with Gasteiger partial charge in [0.2, 0.25) is 0 Å². The molecule has 1 aliphatic heterocycles. The third kappa shape index (κ3) is 3.86. The highest BCUT2D eigenvalue weighted by molar-refractivity contribution is 5.89. The number of urea groups is 1. The molecule has 0 saturated carbocycles. The highest BCUT2D eigenvalue weighted by Crippen LogP contribution is 2.10. The molecular weight excluding hydrogens is 274 g/mol. The maximum atomic E-state index is 12.4. The summed E-state index contributed by atoms with van der Waals surface area (Å²) in [6.07, 6.45) is 0.940. The lowest BCUT2D eigenvalue weighted by molar-refractivity contribution is 0.189. The molecule has 22 heavy (non-hydrogen) atoms. The lowest BCUT2D eigenvalue weighted by atomic mass is 10.0. The van der Waals surface area contributed by atoms with Gasteiger partial charge >= 0.3 is 6.03 Å². The molecule has 2 N–H and O–H groups in total. The second-order valence-corrected chi connectivity index (χ2v) is 5.58. The number of benzene rings is 2. The molecule has 4 nitrogen and oxygen atoms in total. The van der Waals surface area contributed by atoms with E-state index in [1.165, 1.54) is 5.56 Å². The summed E-state index contributed by atoms with van der Waals surface area (Å²) >= 11 is 0. The van der Waals surface area contributed by atoms with E-state index < -0.39 is 0 Å². The summed E-state index contributed by atoms with van der Waals surface area (Å²) in [4.78, 5) is 14.2. The molecule has 0 aliphatic carbocycles. The lowest BCUT2D eigenvalue weighted by Gasteiger charge is -2.33. The first-order valence-corrected chi connectivity index (χ1v) is 7.69. The first-order chi connectivity index (χ1) is 10.8. The summed E-state index contributed by atoms with van der Waals surface area (Å²) in [6.45, 7) is 2.30. The van der Waals surface area contributed by atoms with Crippen LogP contribution < -0.4 is 10.6 Å². The quantitative estimate of drug-likeness (QED) is 0.914. The van der Waals surface area contributed by atoms with Gasteiger partial charge in [0.25, 0.3) is 0 Å². The Balaban J connectivity index is 1.57. The Morgan fingerprint density at radius 3 is 2.50 bits per heavy atom. The van der Waals surface area contributed by atoms with Gasteiger partial charge in [0, 0.05) is 31.4 Å². The molecule has 0 aromatic heterocycles. The van der Waals surface area contributed by atoms with Crippen molar-refractivity contribution >= 4 is 11.7 Å². The van der Waals surface area contributed by atoms with Crippen LogP contribution in [0.5, 0.6) is 0 Å². The van der Waals surface area contributed by atoms with Crippen LogP contribution in [0.2, 0.25) is 0 Å². The minimum absolute atomic E-state index is 0.0224. The Hall–Kier alpha value is -2.33. The minimum atomic E-state index is -0.0224. The van der Waals surface area contributed by atoms with Crippen molar-refractivity contribution in [2.45, 2.75) is 12.5 Å². The Morgan fingerprint density at radius 1 is 1.09 bits per heavy atom. The van der Waals surface area contributed by atoms with Crippen LogP contribution in [0.4, 0.5) is 10.5 Å². The van der Waals surface area contributed by atoms with Crippen molar-refractivity contribution in [2.24, 2.45) is 0 Å². The topological polar surface area (TPSA) is 44.4 Å². The van der Waals surface area contributed by atoms with Gasteiger partial charge in [0.1, 0.15) is 0 Å². The fourth-order valence-electron chi connectivity index (χ4n) is 2.77. The van der Waals surface area contributed by atoms with Gasteiger partial charge in [-0.2, -0.15) is 0 Å². The molecule has 3 rings (SSSR count). The third-order valence-corrected chi connectivity index (χ3v) is 3.89. The van der Waals surface area contributed by atoms with Crippen molar-refractivity contribution < 1.29 is 4.79 Å². The van der Waals surface area contributed by atoms with Crippen molar-refractivity contribution in [3.05, 3.63) is 66.2 Å². The van der Waals surface area contributed by atoms with E-state index in [-0.39, 0.29) is 6.03 Å². The smallest absolute Gasteiger partial charge is 0.321 e. The molecule has 2 aromatic carbocycles. The zero-order chi connectivity index (χ0) is 15.2. The van der Waals surface area contributed by atoms with Gasteiger partial charge in [-0.25, -0.2) is 4.79 Å². The average molecular weight is 295 g/mol. The van der Waals surface area contributed by atoms with Gasteiger partial charge in [-0.15, -0.1) is 0 Å². The summed E-state index contributed by atoms with van der Waals surface area (Å²) in [5.41, 5.74) is 2.14. The van der Waals surface area contributed by atoms with Crippen LogP contribution in [0, 0.1) is 0 Å². The van der Waals surface area contributed by atoms with Gasteiger partial charge in [0.05, 0.1) is 0 Å². The first-order valence-electron chi connectivity index (χ1n) is 7.69. The van der Waals surface area contributed by atoms with Crippen LogP contribution >= 0.6 is 0 Å². The molecule has 4 heteroatoms. The fourth-order valence-corrected chi connectivity index (χ4v) is 2.77. The second-order valence-electron chi connectivity index (χ2n) is 5.58. The van der Waals surface area contributed by atoms with E-state index in [2.05, 4.69) is 34.9 Å². The molecule has 1 aliphatic rings. The van der Waals surface area contributed by atoms with Gasteiger partial charge in [-0.3, -0.25) is 0 Å². The zero-order valence-corrected chi connectivity index (χ0v) is 12.5. The van der Waals surface area contributed by atoms with Crippen LogP contribution in [0.3, 0.4) is 0 Å². The van der Waals surface area contributed by atoms with Gasteiger partial charge in [0.15, 0.2) is 0 Å². The summed E-state index contributed by atoms with van der Waals surface area (Å²) < 4.78 is 0. The molecule has 0 spiro atoms. The molecule has 1 unspecified atom stereocenters. The Kier molecular flexibility index (Phi) is 4.71. The van der Waals surface area contributed by atoms with Crippen LogP contribution in [-0.2, 0) is 6.42 Å². The van der Waals surface area contributed by atoms with E-state index >= 15 is 0 Å². The number of anilines is 1. The Morgan fingerprint density at radius 2 is 1.77 bits per heavy atom. The van der Waals surface area contributed by atoms with E-state index in [1.54, 1.807) is 0 Å². The first kappa shape index (κ1) is 14.6. The number of piperazine rings is 1. The maximum Gasteiger partial charge on any atom is 0.321 e. The summed E-state index contributed by atoms with van der Waals surface area (Å²) in [7, 11) is 0. The van der Waals surface area contributed by atoms with Crippen molar-refractivity contribution in [1.29, 1.82) is 0 Å². The van der Waals surface area contributed by atoms with Gasteiger partial charge < -0.3 is 15.5 Å². The number of para-hydroxylation sites is 1. The number of carbonyl (C=O) groups is 1. The monoisotopic (exact) mass is 295 g/mol. The Labute approximate surface area is 131 Å². The highest BCUT2D eigenvalue weighted by atomic mass is 16.2. The van der Waals surface area contributed by atoms with E-state index in [1.807, 2.05) is 41.3 Å². The molecule has 1 heterocycles. The van der Waals surface area contributed by atoms with E-state index in [0.29, 0.717) is 6.04 Å². The van der Waals surface area contributed by atoms with Crippen molar-refractivity contribution in [2.75, 3.05) is 25.0 Å². The van der Waals surface area contributed by atoms with E-state index in [9.17, 15) is 4.79 Å². The number of hydrogen-bond donors (Lipinski definition) is 2. The molecule has 2 aromatic rings. The molecule has 1 saturated heterocycles. The molecule has 1 atom stereocenters. The zero-order valence-electron chi connectivity index (χ0n) is 12.5. The molecule has 114 valence electrons. The molecule has 0 radical (unpaired) electrons. The predicted molar refractivity (Wildman–Crippen MR) is 89.0 cm³/mol. The largest absolute Gasteiger partial charge is 0.322 e. The molecule has 1 fully saturated rings. The van der Waals surface area contributed by atoms with Crippen LogP contribution in [0.25, 0.3) is 0 Å². The number of carbonyl (C=O) groups excluding carboxylic acids is 1. The molecule has 0 bridgehead atoms. The van der Waals surface area contributed by atoms with Gasteiger partial charge in [-0.05, 0) is 24.1 Å². The number of nitrogens with one attached hydrogen (secondary N) is 2. The van der Waals surface area contributed by atoms with Crippen LogP contribution in [-0.4, -0.2) is 36.6 Å². The maximum absolute atomic E-state index is 12.4. The van der Waals surface area contributed by atoms with Crippen molar-refractivity contribution in [3.63, 3.8) is 0 Å². The number of nitrogens with zero attached hydrogens (tertiary/aromatic N) is 1. The van der Waals surface area contributed by atoms with Crippen molar-refractivity contribution in [3.8, 4) is 0 Å². The summed E-state index contributed by atoms with van der Waals surface area (Å²) in [5, 5.41) is 6.45. The molecular formula is C18H21N3O. The number of amides is 2. The van der Waals surface area contributed by atoms with E-state index in [4.69, 9.17) is 0 Å². The third-order valence-electron chi connectivity index (χ3n) is 3.89. The normalized spacial score (nSPS) is 18.0. The fraction of sp³-hybridized carbons (Fsp3) is 0.278. The van der Waals surface area contributed by atoms with Gasteiger partial charge in [-0.1, -0.05) is 48.5 Å². The summed E-state index contributed by atoms with van der Waals surface area (Å²) in [6, 6.07) is 20.3. The number of rotatable bonds is 3. The lowest BCUT2D eigenvalue weighted by Crippen LogP contribution is -2.54. The predicted octanol–water partition coefficient (Wildman–Crippen LogP) is 2.74. The van der Waals surface area contributed by atoms with Crippen molar-refractivity contribution in [1.82, 2.24) is 10.2 Å².